The van der Waals surface area contributed by atoms with E-state index in [9.17, 15) is 4.79 Å². The van der Waals surface area contributed by atoms with Crippen LogP contribution in [0, 0.1) is 0 Å². The number of nitrogens with one attached hydrogen (secondary N) is 1. The van der Waals surface area contributed by atoms with Crippen LogP contribution in [0.25, 0.3) is 0 Å². The largest absolute Gasteiger partial charge is 0.381 e. The Morgan fingerprint density at radius 1 is 1.12 bits per heavy atom. The van der Waals surface area contributed by atoms with Crippen molar-refractivity contribution in [2.75, 3.05) is 32.1 Å². The number of para-hydroxylation sites is 1. The molecule has 1 heterocycles. The van der Waals surface area contributed by atoms with Gasteiger partial charge in [-0.05, 0) is 37.1 Å². The van der Waals surface area contributed by atoms with Gasteiger partial charge in [-0.15, -0.1) is 0 Å². The standard InChI is InChI=1S/C20H24N2O2S/c1-24-16-11-13-22(14-12-16)15-20(23)21-18-9-5-6-10-19(18)25-17-7-3-2-4-8-17/h2-10,16H,11-15H2,1H3,(H,21,23). The number of carbonyl (C=O) groups is 1. The summed E-state index contributed by atoms with van der Waals surface area (Å²) >= 11 is 1.66. The number of rotatable bonds is 6. The Bertz CT molecular complexity index is 685. The highest BCUT2D eigenvalue weighted by atomic mass is 32.2. The van der Waals surface area contributed by atoms with Crippen LogP contribution in [-0.2, 0) is 9.53 Å². The summed E-state index contributed by atoms with van der Waals surface area (Å²) in [5.41, 5.74) is 0.869. The molecule has 132 valence electrons. The van der Waals surface area contributed by atoms with E-state index in [1.54, 1.807) is 18.9 Å². The number of carbonyl (C=O) groups excluding carboxylic acids is 1. The molecular weight excluding hydrogens is 332 g/mol. The average Bonchev–Trinajstić information content (AvgIpc) is 2.65. The van der Waals surface area contributed by atoms with E-state index in [2.05, 4.69) is 22.3 Å². The van der Waals surface area contributed by atoms with Gasteiger partial charge in [0.15, 0.2) is 0 Å². The van der Waals surface area contributed by atoms with Gasteiger partial charge >= 0.3 is 0 Å². The summed E-state index contributed by atoms with van der Waals surface area (Å²) in [5, 5.41) is 3.07. The smallest absolute Gasteiger partial charge is 0.238 e. The van der Waals surface area contributed by atoms with E-state index in [1.807, 2.05) is 42.5 Å². The molecule has 1 aliphatic rings. The van der Waals surface area contributed by atoms with E-state index in [4.69, 9.17) is 4.74 Å². The molecule has 5 heteroatoms. The van der Waals surface area contributed by atoms with Crippen molar-refractivity contribution in [3.8, 4) is 0 Å². The maximum Gasteiger partial charge on any atom is 0.238 e. The van der Waals surface area contributed by atoms with Crippen LogP contribution in [0.1, 0.15) is 12.8 Å². The fourth-order valence-electron chi connectivity index (χ4n) is 2.97. The molecule has 0 bridgehead atoms. The lowest BCUT2D eigenvalue weighted by Gasteiger charge is -2.30. The summed E-state index contributed by atoms with van der Waals surface area (Å²) in [5.74, 6) is 0.0389. The molecule has 0 unspecified atom stereocenters. The fraction of sp³-hybridized carbons (Fsp3) is 0.350. The predicted molar refractivity (Wildman–Crippen MR) is 102 cm³/mol. The van der Waals surface area contributed by atoms with Gasteiger partial charge in [0, 0.05) is 30.0 Å². The number of hydrogen-bond donors (Lipinski definition) is 1. The van der Waals surface area contributed by atoms with E-state index >= 15 is 0 Å². The van der Waals surface area contributed by atoms with Crippen LogP contribution in [-0.4, -0.2) is 43.7 Å². The molecule has 4 nitrogen and oxygen atoms in total. The summed E-state index contributed by atoms with van der Waals surface area (Å²) in [6.07, 6.45) is 2.32. The first kappa shape index (κ1) is 18.0. The number of hydrogen-bond acceptors (Lipinski definition) is 4. The Morgan fingerprint density at radius 2 is 1.80 bits per heavy atom. The van der Waals surface area contributed by atoms with E-state index in [-0.39, 0.29) is 5.91 Å². The first-order chi connectivity index (χ1) is 12.2. The highest BCUT2D eigenvalue weighted by molar-refractivity contribution is 7.99. The third-order valence-electron chi connectivity index (χ3n) is 4.37. The zero-order valence-corrected chi connectivity index (χ0v) is 15.3. The Kier molecular flexibility index (Phi) is 6.50. The molecular formula is C20H24N2O2S. The van der Waals surface area contributed by atoms with Crippen LogP contribution in [0.15, 0.2) is 64.4 Å². The summed E-state index contributed by atoms with van der Waals surface area (Å²) in [4.78, 5) is 16.8. The third kappa shape index (κ3) is 5.33. The van der Waals surface area contributed by atoms with Gasteiger partial charge in [-0.25, -0.2) is 0 Å². The number of amides is 1. The van der Waals surface area contributed by atoms with Crippen molar-refractivity contribution in [1.29, 1.82) is 0 Å². The molecule has 1 amide bonds. The van der Waals surface area contributed by atoms with Gasteiger partial charge in [-0.2, -0.15) is 0 Å². The molecule has 2 aromatic carbocycles. The van der Waals surface area contributed by atoms with Crippen LogP contribution in [0.5, 0.6) is 0 Å². The molecule has 1 N–H and O–H groups in total. The monoisotopic (exact) mass is 356 g/mol. The number of piperidine rings is 1. The van der Waals surface area contributed by atoms with Gasteiger partial charge in [0.25, 0.3) is 0 Å². The first-order valence-corrected chi connectivity index (χ1v) is 9.43. The normalized spacial score (nSPS) is 15.9. The van der Waals surface area contributed by atoms with Crippen molar-refractivity contribution >= 4 is 23.4 Å². The molecule has 1 fully saturated rings. The topological polar surface area (TPSA) is 41.6 Å². The zero-order valence-electron chi connectivity index (χ0n) is 14.5. The second kappa shape index (κ2) is 9.04. The van der Waals surface area contributed by atoms with Crippen LogP contribution in [0.3, 0.4) is 0 Å². The van der Waals surface area contributed by atoms with Crippen molar-refractivity contribution in [3.63, 3.8) is 0 Å². The summed E-state index contributed by atoms with van der Waals surface area (Å²) in [6, 6.07) is 18.1. The number of ether oxygens (including phenoxy) is 1. The molecule has 0 radical (unpaired) electrons. The van der Waals surface area contributed by atoms with Crippen molar-refractivity contribution < 1.29 is 9.53 Å². The van der Waals surface area contributed by atoms with Crippen LogP contribution >= 0.6 is 11.8 Å². The Labute approximate surface area is 153 Å². The second-order valence-corrected chi connectivity index (χ2v) is 7.29. The van der Waals surface area contributed by atoms with Crippen molar-refractivity contribution in [2.24, 2.45) is 0 Å². The molecule has 0 aliphatic carbocycles. The van der Waals surface area contributed by atoms with Gasteiger partial charge in [-0.1, -0.05) is 42.1 Å². The van der Waals surface area contributed by atoms with Crippen molar-refractivity contribution in [2.45, 2.75) is 28.7 Å². The van der Waals surface area contributed by atoms with Crippen LogP contribution < -0.4 is 5.32 Å². The summed E-state index contributed by atoms with van der Waals surface area (Å²) in [7, 11) is 1.76. The minimum Gasteiger partial charge on any atom is -0.381 e. The van der Waals surface area contributed by atoms with Gasteiger partial charge in [0.05, 0.1) is 18.3 Å². The van der Waals surface area contributed by atoms with E-state index in [0.29, 0.717) is 12.6 Å². The maximum absolute atomic E-state index is 12.4. The molecule has 0 spiro atoms. The third-order valence-corrected chi connectivity index (χ3v) is 5.45. The Balaban J connectivity index is 1.58. The fourth-order valence-corrected chi connectivity index (χ4v) is 3.89. The molecule has 0 aromatic heterocycles. The first-order valence-electron chi connectivity index (χ1n) is 8.61. The number of benzene rings is 2. The highest BCUT2D eigenvalue weighted by Crippen LogP contribution is 2.33. The minimum absolute atomic E-state index is 0.0389. The molecule has 0 atom stereocenters. The van der Waals surface area contributed by atoms with Gasteiger partial charge < -0.3 is 10.1 Å². The zero-order chi connectivity index (χ0) is 17.5. The molecule has 3 rings (SSSR count). The number of likely N-dealkylation sites (tertiary alicyclic amines) is 1. The molecule has 1 saturated heterocycles. The predicted octanol–water partition coefficient (Wildman–Crippen LogP) is 3.89. The van der Waals surface area contributed by atoms with Gasteiger partial charge in [0.2, 0.25) is 5.91 Å². The number of anilines is 1. The number of nitrogens with zero attached hydrogens (tertiary/aromatic N) is 1. The summed E-state index contributed by atoms with van der Waals surface area (Å²) in [6.45, 7) is 2.25. The second-order valence-electron chi connectivity index (χ2n) is 6.17. The van der Waals surface area contributed by atoms with Crippen molar-refractivity contribution in [1.82, 2.24) is 4.90 Å². The average molecular weight is 356 g/mol. The maximum atomic E-state index is 12.4. The lowest BCUT2D eigenvalue weighted by molar-refractivity contribution is -0.117. The van der Waals surface area contributed by atoms with Gasteiger partial charge in [0.1, 0.15) is 0 Å². The number of methoxy groups -OCH3 is 1. The molecule has 1 aliphatic heterocycles. The quantitative estimate of drug-likeness (QED) is 0.853. The summed E-state index contributed by atoms with van der Waals surface area (Å²) < 4.78 is 5.38. The molecule has 25 heavy (non-hydrogen) atoms. The van der Waals surface area contributed by atoms with E-state index in [1.165, 1.54) is 0 Å². The SMILES string of the molecule is COC1CCN(CC(=O)Nc2ccccc2Sc2ccccc2)CC1. The Morgan fingerprint density at radius 3 is 2.52 bits per heavy atom. The minimum atomic E-state index is 0.0389. The van der Waals surface area contributed by atoms with E-state index < -0.39 is 0 Å². The lowest BCUT2D eigenvalue weighted by Crippen LogP contribution is -2.41. The lowest BCUT2D eigenvalue weighted by atomic mass is 10.1. The molecule has 0 saturated carbocycles. The Hall–Kier alpha value is -1.82. The molecule has 2 aromatic rings. The van der Waals surface area contributed by atoms with Crippen molar-refractivity contribution in [3.05, 3.63) is 54.6 Å². The van der Waals surface area contributed by atoms with Crippen LogP contribution in [0.2, 0.25) is 0 Å². The van der Waals surface area contributed by atoms with Gasteiger partial charge in [-0.3, -0.25) is 9.69 Å². The van der Waals surface area contributed by atoms with Crippen LogP contribution in [0.4, 0.5) is 5.69 Å². The highest BCUT2D eigenvalue weighted by Gasteiger charge is 2.20. The van der Waals surface area contributed by atoms with E-state index in [0.717, 1.165) is 41.4 Å².